The molecule has 36 heavy (non-hydrogen) atoms. The van der Waals surface area contributed by atoms with Crippen molar-refractivity contribution in [3.63, 3.8) is 0 Å². The number of aromatic nitrogens is 3. The number of para-hydroxylation sites is 1. The average Bonchev–Trinajstić information content (AvgIpc) is 3.38. The van der Waals surface area contributed by atoms with Crippen molar-refractivity contribution in [2.45, 2.75) is 19.3 Å². The smallest absolute Gasteiger partial charge is 0.259 e. The zero-order valence-corrected chi connectivity index (χ0v) is 20.6. The largest absolute Gasteiger partial charge is 0.505 e. The van der Waals surface area contributed by atoms with E-state index in [2.05, 4.69) is 5.32 Å². The molecule has 186 valence electrons. The maximum atomic E-state index is 13.1. The summed E-state index contributed by atoms with van der Waals surface area (Å²) in [6.07, 6.45) is 4.75. The summed E-state index contributed by atoms with van der Waals surface area (Å²) < 4.78 is 8.89. The number of nitrogens with one attached hydrogen (secondary N) is 1. The second-order valence-electron chi connectivity index (χ2n) is 9.06. The number of ether oxygens (including phenoxy) is 1. The Kier molecular flexibility index (Phi) is 6.13. The summed E-state index contributed by atoms with van der Waals surface area (Å²) in [6, 6.07) is 12.5. The number of fused-ring (bicyclic) bond motifs is 1. The number of nitrogens with zero attached hydrogens (tertiary/aromatic N) is 4. The van der Waals surface area contributed by atoms with Crippen molar-refractivity contribution in [3.05, 3.63) is 59.8 Å². The molecule has 0 atom stereocenters. The fraction of sp³-hybridized carbons (Fsp3) is 0.296. The van der Waals surface area contributed by atoms with Crippen LogP contribution in [0.25, 0.3) is 22.6 Å². The van der Waals surface area contributed by atoms with Gasteiger partial charge >= 0.3 is 0 Å². The Morgan fingerprint density at radius 1 is 1.03 bits per heavy atom. The minimum atomic E-state index is -0.288. The average molecular weight is 488 g/mol. The van der Waals surface area contributed by atoms with Gasteiger partial charge in [0.25, 0.3) is 11.8 Å². The SMILES string of the molecule is COc1ccccc1C(=O)Nc1ccc2c(c1)nc(-c1c(O)c(C(=O)N3CCCCC3)cn1C)n2C. The molecule has 1 fully saturated rings. The molecule has 0 aliphatic carbocycles. The van der Waals surface area contributed by atoms with Gasteiger partial charge in [-0.15, -0.1) is 0 Å². The molecule has 2 N–H and O–H groups in total. The number of carbonyl (C=O) groups is 2. The second-order valence-corrected chi connectivity index (χ2v) is 9.06. The van der Waals surface area contributed by atoms with Crippen molar-refractivity contribution >= 4 is 28.5 Å². The van der Waals surface area contributed by atoms with Crippen LogP contribution in [0.15, 0.2) is 48.7 Å². The van der Waals surface area contributed by atoms with Crippen molar-refractivity contribution in [2.75, 3.05) is 25.5 Å². The third-order valence-corrected chi connectivity index (χ3v) is 6.73. The molecule has 0 bridgehead atoms. The molecule has 0 unspecified atom stereocenters. The standard InChI is InChI=1S/C27H29N5O4/c1-30-16-19(27(35)32-13-7-4-8-14-32)24(33)23(30)25-29-20-15-17(11-12-21(20)31(25)2)28-26(34)18-9-5-6-10-22(18)36-3/h5-6,9-12,15-16,33H,4,7-8,13-14H2,1-3H3,(H,28,34). The third kappa shape index (κ3) is 4.06. The first kappa shape index (κ1) is 23.5. The van der Waals surface area contributed by atoms with E-state index in [1.165, 1.54) is 7.11 Å². The number of carbonyl (C=O) groups excluding carboxylic acids is 2. The molecule has 0 saturated carbocycles. The normalized spacial score (nSPS) is 13.7. The number of amides is 2. The second kappa shape index (κ2) is 9.41. The third-order valence-electron chi connectivity index (χ3n) is 6.73. The van der Waals surface area contributed by atoms with Crippen LogP contribution in [-0.2, 0) is 14.1 Å². The summed E-state index contributed by atoms with van der Waals surface area (Å²) in [5, 5.41) is 14.0. The highest BCUT2D eigenvalue weighted by Gasteiger charge is 2.27. The van der Waals surface area contributed by atoms with Crippen molar-refractivity contribution in [1.82, 2.24) is 19.0 Å². The van der Waals surface area contributed by atoms with Gasteiger partial charge in [-0.3, -0.25) is 9.59 Å². The molecule has 1 aliphatic heterocycles. The van der Waals surface area contributed by atoms with E-state index in [-0.39, 0.29) is 23.1 Å². The van der Waals surface area contributed by atoms with Gasteiger partial charge in [-0.2, -0.15) is 0 Å². The number of hydrogen-bond acceptors (Lipinski definition) is 5. The number of rotatable bonds is 5. The maximum Gasteiger partial charge on any atom is 0.259 e. The highest BCUT2D eigenvalue weighted by Crippen LogP contribution is 2.36. The first-order chi connectivity index (χ1) is 17.4. The minimum absolute atomic E-state index is 0.0730. The molecule has 0 spiro atoms. The van der Waals surface area contributed by atoms with E-state index in [0.29, 0.717) is 47.1 Å². The minimum Gasteiger partial charge on any atom is -0.505 e. The van der Waals surface area contributed by atoms with Crippen LogP contribution in [0.3, 0.4) is 0 Å². The van der Waals surface area contributed by atoms with Crippen molar-refractivity contribution in [3.8, 4) is 23.0 Å². The molecule has 9 nitrogen and oxygen atoms in total. The molecule has 3 heterocycles. The van der Waals surface area contributed by atoms with Crippen molar-refractivity contribution in [1.29, 1.82) is 0 Å². The lowest BCUT2D eigenvalue weighted by molar-refractivity contribution is 0.0721. The van der Waals surface area contributed by atoms with E-state index in [9.17, 15) is 14.7 Å². The lowest BCUT2D eigenvalue weighted by Crippen LogP contribution is -2.35. The van der Waals surface area contributed by atoms with E-state index in [4.69, 9.17) is 9.72 Å². The number of imidazole rings is 1. The van der Waals surface area contributed by atoms with Gasteiger partial charge in [-0.1, -0.05) is 12.1 Å². The zero-order valence-electron chi connectivity index (χ0n) is 20.6. The number of piperidine rings is 1. The molecule has 0 radical (unpaired) electrons. The summed E-state index contributed by atoms with van der Waals surface area (Å²) in [5.41, 5.74) is 3.24. The number of aromatic hydroxyl groups is 1. The van der Waals surface area contributed by atoms with Crippen molar-refractivity contribution in [2.24, 2.45) is 14.1 Å². The quantitative estimate of drug-likeness (QED) is 0.440. The van der Waals surface area contributed by atoms with E-state index in [1.807, 2.05) is 23.7 Å². The maximum absolute atomic E-state index is 13.1. The van der Waals surface area contributed by atoms with Crippen LogP contribution in [0, 0.1) is 0 Å². The Morgan fingerprint density at radius 3 is 2.53 bits per heavy atom. The molecule has 1 aliphatic rings. The molecule has 2 amide bonds. The van der Waals surface area contributed by atoms with Crippen LogP contribution in [0.4, 0.5) is 5.69 Å². The summed E-state index contributed by atoms with van der Waals surface area (Å²) >= 11 is 0. The Hall–Kier alpha value is -4.27. The fourth-order valence-electron chi connectivity index (χ4n) is 4.82. The van der Waals surface area contributed by atoms with Gasteiger partial charge in [0.1, 0.15) is 11.4 Å². The van der Waals surface area contributed by atoms with E-state index in [1.54, 1.807) is 53.0 Å². The van der Waals surface area contributed by atoms with Gasteiger partial charge in [0, 0.05) is 39.1 Å². The molecule has 2 aromatic carbocycles. The Balaban J connectivity index is 1.46. The molecule has 4 aromatic rings. The summed E-state index contributed by atoms with van der Waals surface area (Å²) in [6.45, 7) is 1.41. The molecular weight excluding hydrogens is 458 g/mol. The van der Waals surface area contributed by atoms with E-state index in [0.717, 1.165) is 24.8 Å². The van der Waals surface area contributed by atoms with Gasteiger partial charge in [-0.25, -0.2) is 4.98 Å². The molecule has 5 rings (SSSR count). The number of anilines is 1. The first-order valence-corrected chi connectivity index (χ1v) is 12.0. The van der Waals surface area contributed by atoms with E-state index >= 15 is 0 Å². The fourth-order valence-corrected chi connectivity index (χ4v) is 4.82. The topological polar surface area (TPSA) is 102 Å². The number of hydrogen-bond donors (Lipinski definition) is 2. The highest BCUT2D eigenvalue weighted by molar-refractivity contribution is 6.07. The van der Waals surface area contributed by atoms with Gasteiger partial charge < -0.3 is 29.2 Å². The van der Waals surface area contributed by atoms with Gasteiger partial charge in [0.15, 0.2) is 11.6 Å². The predicted octanol–water partition coefficient (Wildman–Crippen LogP) is 4.17. The lowest BCUT2D eigenvalue weighted by atomic mass is 10.1. The van der Waals surface area contributed by atoms with E-state index < -0.39 is 0 Å². The summed E-state index contributed by atoms with van der Waals surface area (Å²) in [5.74, 6) is 0.496. The summed E-state index contributed by atoms with van der Waals surface area (Å²) in [4.78, 5) is 32.4. The summed E-state index contributed by atoms with van der Waals surface area (Å²) in [7, 11) is 5.18. The molecule has 9 heteroatoms. The van der Waals surface area contributed by atoms with Crippen LogP contribution >= 0.6 is 0 Å². The zero-order chi connectivity index (χ0) is 25.4. The van der Waals surface area contributed by atoms with Crippen LogP contribution in [0.2, 0.25) is 0 Å². The molecule has 2 aromatic heterocycles. The van der Waals surface area contributed by atoms with Crippen LogP contribution in [-0.4, -0.2) is 56.1 Å². The van der Waals surface area contributed by atoms with Crippen LogP contribution in [0.1, 0.15) is 40.0 Å². The van der Waals surface area contributed by atoms with Crippen molar-refractivity contribution < 1.29 is 19.4 Å². The lowest BCUT2D eigenvalue weighted by Gasteiger charge is -2.26. The molecule has 1 saturated heterocycles. The van der Waals surface area contributed by atoms with Crippen LogP contribution < -0.4 is 10.1 Å². The van der Waals surface area contributed by atoms with Gasteiger partial charge in [-0.05, 0) is 49.6 Å². The Morgan fingerprint density at radius 2 is 1.78 bits per heavy atom. The number of likely N-dealkylation sites (tertiary alicyclic amines) is 1. The van der Waals surface area contributed by atoms with Crippen LogP contribution in [0.5, 0.6) is 11.5 Å². The number of methoxy groups -OCH3 is 1. The van der Waals surface area contributed by atoms with Gasteiger partial charge in [0.2, 0.25) is 0 Å². The Bertz CT molecular complexity index is 1460. The predicted molar refractivity (Wildman–Crippen MR) is 137 cm³/mol. The number of aryl methyl sites for hydroxylation is 2. The van der Waals surface area contributed by atoms with Gasteiger partial charge in [0.05, 0.1) is 29.3 Å². The molecular formula is C27H29N5O4. The number of benzene rings is 2. The highest BCUT2D eigenvalue weighted by atomic mass is 16.5. The monoisotopic (exact) mass is 487 g/mol. The Labute approximate surface area is 208 Å². The first-order valence-electron chi connectivity index (χ1n) is 12.0.